The van der Waals surface area contributed by atoms with Crippen molar-refractivity contribution in [3.63, 3.8) is 0 Å². The maximum Gasteiger partial charge on any atom is 0.265 e. The van der Waals surface area contributed by atoms with Crippen molar-refractivity contribution in [2.24, 2.45) is 0 Å². The van der Waals surface area contributed by atoms with Crippen LogP contribution in [0.3, 0.4) is 0 Å². The zero-order valence-corrected chi connectivity index (χ0v) is 14.1. The lowest BCUT2D eigenvalue weighted by Crippen LogP contribution is -2.32. The van der Waals surface area contributed by atoms with Crippen LogP contribution in [-0.4, -0.2) is 12.0 Å². The number of hydrogen-bond acceptors (Lipinski definition) is 2. The van der Waals surface area contributed by atoms with E-state index in [1.54, 1.807) is 12.1 Å². The predicted molar refractivity (Wildman–Crippen MR) is 98.7 cm³/mol. The van der Waals surface area contributed by atoms with Gasteiger partial charge in [-0.3, -0.25) is 4.79 Å². The number of anilines is 1. The molecule has 0 bridgehead atoms. The number of ether oxygens (including phenoxy) is 1. The Morgan fingerprint density at radius 3 is 2.50 bits per heavy atom. The van der Waals surface area contributed by atoms with Gasteiger partial charge in [-0.15, -0.1) is 0 Å². The monoisotopic (exact) mass is 339 g/mol. The number of carbonyl (C=O) groups is 1. The van der Waals surface area contributed by atoms with Crippen LogP contribution in [0, 0.1) is 0 Å². The molecule has 24 heavy (non-hydrogen) atoms. The Kier molecular flexibility index (Phi) is 5.02. The van der Waals surface area contributed by atoms with Gasteiger partial charge in [-0.25, -0.2) is 0 Å². The molecule has 0 aliphatic heterocycles. The first-order valence-electron chi connectivity index (χ1n) is 7.88. The van der Waals surface area contributed by atoms with Gasteiger partial charge in [-0.1, -0.05) is 61.0 Å². The van der Waals surface area contributed by atoms with E-state index in [1.165, 1.54) is 0 Å². The molecular weight excluding hydrogens is 322 g/mol. The van der Waals surface area contributed by atoms with E-state index in [0.29, 0.717) is 22.9 Å². The smallest absolute Gasteiger partial charge is 0.265 e. The van der Waals surface area contributed by atoms with E-state index in [1.807, 2.05) is 61.5 Å². The minimum Gasteiger partial charge on any atom is -0.481 e. The molecule has 3 aromatic rings. The summed E-state index contributed by atoms with van der Waals surface area (Å²) in [5.41, 5.74) is 0.588. The molecule has 1 atom stereocenters. The first kappa shape index (κ1) is 16.3. The number of fused-ring (bicyclic) bond motifs is 1. The SMILES string of the molecule is CC[C@H](Oc1ccc2ccccc2c1)C(=O)Nc1ccccc1Cl. The summed E-state index contributed by atoms with van der Waals surface area (Å²) in [6.07, 6.45) is -0.0224. The van der Waals surface area contributed by atoms with E-state index in [4.69, 9.17) is 16.3 Å². The van der Waals surface area contributed by atoms with E-state index < -0.39 is 6.10 Å². The summed E-state index contributed by atoms with van der Waals surface area (Å²) in [6.45, 7) is 1.91. The fourth-order valence-corrected chi connectivity index (χ4v) is 2.69. The van der Waals surface area contributed by atoms with Gasteiger partial charge in [0.15, 0.2) is 6.10 Å². The first-order valence-corrected chi connectivity index (χ1v) is 8.26. The standard InChI is InChI=1S/C20H18ClNO2/c1-2-19(20(23)22-18-10-6-5-9-17(18)21)24-16-12-11-14-7-3-4-8-15(14)13-16/h3-13,19H,2H2,1H3,(H,22,23)/t19-/m0/s1. The molecule has 3 aromatic carbocycles. The molecule has 0 aliphatic rings. The number of amides is 1. The topological polar surface area (TPSA) is 38.3 Å². The van der Waals surface area contributed by atoms with E-state index in [9.17, 15) is 4.79 Å². The molecule has 0 unspecified atom stereocenters. The Morgan fingerprint density at radius 2 is 1.75 bits per heavy atom. The summed E-state index contributed by atoms with van der Waals surface area (Å²) < 4.78 is 5.89. The van der Waals surface area contributed by atoms with E-state index in [0.717, 1.165) is 10.8 Å². The average Bonchev–Trinajstić information content (AvgIpc) is 2.61. The summed E-state index contributed by atoms with van der Waals surface area (Å²) in [6, 6.07) is 21.0. The van der Waals surface area contributed by atoms with Gasteiger partial charge in [0.1, 0.15) is 5.75 Å². The Morgan fingerprint density at radius 1 is 1.04 bits per heavy atom. The molecule has 0 fully saturated rings. The summed E-state index contributed by atoms with van der Waals surface area (Å²) in [5.74, 6) is 0.466. The van der Waals surface area contributed by atoms with Crippen LogP contribution in [0.5, 0.6) is 5.75 Å². The van der Waals surface area contributed by atoms with Crippen LogP contribution in [0.25, 0.3) is 10.8 Å². The van der Waals surface area contributed by atoms with E-state index in [-0.39, 0.29) is 5.91 Å². The first-order chi connectivity index (χ1) is 11.7. The van der Waals surface area contributed by atoms with Gasteiger partial charge in [0.05, 0.1) is 10.7 Å². The number of benzene rings is 3. The number of rotatable bonds is 5. The molecule has 0 aliphatic carbocycles. The Bertz CT molecular complexity index is 863. The highest BCUT2D eigenvalue weighted by Crippen LogP contribution is 2.24. The van der Waals surface area contributed by atoms with Crippen molar-refractivity contribution in [1.29, 1.82) is 0 Å². The lowest BCUT2D eigenvalue weighted by atomic mass is 10.1. The van der Waals surface area contributed by atoms with Gasteiger partial charge in [-0.2, -0.15) is 0 Å². The van der Waals surface area contributed by atoms with Gasteiger partial charge >= 0.3 is 0 Å². The molecule has 0 heterocycles. The van der Waals surface area contributed by atoms with Crippen LogP contribution < -0.4 is 10.1 Å². The van der Waals surface area contributed by atoms with Crippen molar-refractivity contribution in [2.45, 2.75) is 19.4 Å². The number of halogens is 1. The minimum absolute atomic E-state index is 0.209. The third-order valence-electron chi connectivity index (χ3n) is 3.79. The Balaban J connectivity index is 1.75. The number of hydrogen-bond donors (Lipinski definition) is 1. The third-order valence-corrected chi connectivity index (χ3v) is 4.12. The minimum atomic E-state index is -0.581. The highest BCUT2D eigenvalue weighted by molar-refractivity contribution is 6.33. The quantitative estimate of drug-likeness (QED) is 0.686. The molecule has 0 aromatic heterocycles. The van der Waals surface area contributed by atoms with Crippen LogP contribution in [0.1, 0.15) is 13.3 Å². The zero-order chi connectivity index (χ0) is 16.9. The maximum absolute atomic E-state index is 12.5. The van der Waals surface area contributed by atoms with Gasteiger partial charge < -0.3 is 10.1 Å². The van der Waals surface area contributed by atoms with E-state index in [2.05, 4.69) is 5.32 Å². The molecule has 0 saturated heterocycles. The fraction of sp³-hybridized carbons (Fsp3) is 0.150. The largest absolute Gasteiger partial charge is 0.481 e. The second-order valence-electron chi connectivity index (χ2n) is 5.49. The van der Waals surface area contributed by atoms with Crippen LogP contribution in [0.4, 0.5) is 5.69 Å². The number of nitrogens with one attached hydrogen (secondary N) is 1. The molecule has 4 heteroatoms. The predicted octanol–water partition coefficient (Wildman–Crippen LogP) is 5.29. The van der Waals surface area contributed by atoms with E-state index >= 15 is 0 Å². The van der Waals surface area contributed by atoms with Gasteiger partial charge in [-0.05, 0) is 41.5 Å². The molecule has 3 rings (SSSR count). The highest BCUT2D eigenvalue weighted by Gasteiger charge is 2.19. The van der Waals surface area contributed by atoms with Crippen LogP contribution in [-0.2, 0) is 4.79 Å². The van der Waals surface area contributed by atoms with Crippen LogP contribution in [0.15, 0.2) is 66.7 Å². The van der Waals surface area contributed by atoms with Gasteiger partial charge in [0, 0.05) is 0 Å². The lowest BCUT2D eigenvalue weighted by molar-refractivity contribution is -0.122. The average molecular weight is 340 g/mol. The molecule has 0 radical (unpaired) electrons. The normalized spacial score (nSPS) is 11.9. The molecule has 1 N–H and O–H groups in total. The zero-order valence-electron chi connectivity index (χ0n) is 13.3. The molecule has 1 amide bonds. The lowest BCUT2D eigenvalue weighted by Gasteiger charge is -2.18. The highest BCUT2D eigenvalue weighted by atomic mass is 35.5. The number of carbonyl (C=O) groups excluding carboxylic acids is 1. The third kappa shape index (κ3) is 3.69. The summed E-state index contributed by atoms with van der Waals surface area (Å²) >= 11 is 6.09. The molecule has 3 nitrogen and oxygen atoms in total. The molecule has 0 saturated carbocycles. The van der Waals surface area contributed by atoms with Crippen molar-refractivity contribution in [1.82, 2.24) is 0 Å². The van der Waals surface area contributed by atoms with Crippen molar-refractivity contribution < 1.29 is 9.53 Å². The van der Waals surface area contributed by atoms with Crippen molar-refractivity contribution in [3.8, 4) is 5.75 Å². The second-order valence-corrected chi connectivity index (χ2v) is 5.90. The summed E-state index contributed by atoms with van der Waals surface area (Å²) in [7, 11) is 0. The molecule has 122 valence electrons. The molecular formula is C20H18ClNO2. The van der Waals surface area contributed by atoms with Crippen molar-refractivity contribution in [3.05, 3.63) is 71.8 Å². The van der Waals surface area contributed by atoms with Gasteiger partial charge in [0.25, 0.3) is 5.91 Å². The maximum atomic E-state index is 12.5. The fourth-order valence-electron chi connectivity index (χ4n) is 2.50. The Labute approximate surface area is 146 Å². The van der Waals surface area contributed by atoms with Crippen molar-refractivity contribution in [2.75, 3.05) is 5.32 Å². The summed E-state index contributed by atoms with van der Waals surface area (Å²) in [4.78, 5) is 12.5. The Hall–Kier alpha value is -2.52. The summed E-state index contributed by atoms with van der Waals surface area (Å²) in [5, 5.41) is 5.55. The number of para-hydroxylation sites is 1. The molecule has 0 spiro atoms. The van der Waals surface area contributed by atoms with Crippen LogP contribution in [0.2, 0.25) is 5.02 Å². The van der Waals surface area contributed by atoms with Crippen LogP contribution >= 0.6 is 11.6 Å². The van der Waals surface area contributed by atoms with Crippen molar-refractivity contribution >= 4 is 34.0 Å². The van der Waals surface area contributed by atoms with Gasteiger partial charge in [0.2, 0.25) is 0 Å². The second kappa shape index (κ2) is 7.37.